The molecule has 3 N–H and O–H groups in total. The summed E-state index contributed by atoms with van der Waals surface area (Å²) >= 11 is -0.500. The second-order valence-corrected chi connectivity index (χ2v) is 5.91. The molecule has 0 radical (unpaired) electrons. The number of amides is 1. The minimum Gasteiger partial charge on any atom is -0.383 e. The standard InChI is InChI=1S/C13H19F3N4O3S/c1-3-5-6-20-10(17)9(11(22)18-12(20)23)19(4-2)8(21)7-24-13(14,15)16/h3-7,17H2,1-2H3,(H,18,22,23). The Morgan fingerprint density at radius 3 is 2.46 bits per heavy atom. The van der Waals surface area contributed by atoms with Crippen LogP contribution in [0.5, 0.6) is 0 Å². The highest BCUT2D eigenvalue weighted by atomic mass is 32.2. The maximum Gasteiger partial charge on any atom is 0.442 e. The van der Waals surface area contributed by atoms with Crippen molar-refractivity contribution in [3.05, 3.63) is 20.8 Å². The van der Waals surface area contributed by atoms with Gasteiger partial charge >= 0.3 is 11.2 Å². The summed E-state index contributed by atoms with van der Waals surface area (Å²) in [4.78, 5) is 38.8. The first-order chi connectivity index (χ1) is 11.1. The van der Waals surface area contributed by atoms with Crippen LogP contribution in [0, 0.1) is 0 Å². The van der Waals surface area contributed by atoms with Crippen molar-refractivity contribution < 1.29 is 18.0 Å². The van der Waals surface area contributed by atoms with E-state index in [-0.39, 0.29) is 24.6 Å². The predicted molar refractivity (Wildman–Crippen MR) is 87.2 cm³/mol. The van der Waals surface area contributed by atoms with Crippen molar-refractivity contribution in [2.75, 3.05) is 22.9 Å². The average molecular weight is 368 g/mol. The smallest absolute Gasteiger partial charge is 0.383 e. The Morgan fingerprint density at radius 1 is 1.33 bits per heavy atom. The number of alkyl halides is 3. The molecular formula is C13H19F3N4O3S. The number of carbonyl (C=O) groups is 1. The molecule has 11 heteroatoms. The number of nitrogens with two attached hydrogens (primary N) is 1. The molecule has 0 bridgehead atoms. The SMILES string of the molecule is CCCCn1c(N)c(N(CC)C(=O)CSC(F)(F)F)c(=O)[nH]c1=O. The Kier molecular flexibility index (Phi) is 6.93. The average Bonchev–Trinajstić information content (AvgIpc) is 2.48. The minimum absolute atomic E-state index is 0.0590. The minimum atomic E-state index is -4.56. The number of halogens is 3. The van der Waals surface area contributed by atoms with Gasteiger partial charge in [-0.3, -0.25) is 19.1 Å². The number of nitrogen functional groups attached to an aromatic ring is 1. The molecule has 0 aromatic carbocycles. The quantitative estimate of drug-likeness (QED) is 0.760. The Labute approximate surface area is 140 Å². The fourth-order valence-electron chi connectivity index (χ4n) is 2.06. The molecule has 136 valence electrons. The van der Waals surface area contributed by atoms with Gasteiger partial charge in [0.25, 0.3) is 5.56 Å². The van der Waals surface area contributed by atoms with E-state index in [4.69, 9.17) is 5.73 Å². The van der Waals surface area contributed by atoms with Crippen LogP contribution >= 0.6 is 11.8 Å². The van der Waals surface area contributed by atoms with Crippen LogP contribution in [0.2, 0.25) is 0 Å². The van der Waals surface area contributed by atoms with Crippen LogP contribution < -0.4 is 21.9 Å². The Morgan fingerprint density at radius 2 is 1.96 bits per heavy atom. The Hall–Kier alpha value is -1.91. The van der Waals surface area contributed by atoms with Crippen LogP contribution in [-0.2, 0) is 11.3 Å². The zero-order valence-corrected chi connectivity index (χ0v) is 14.1. The van der Waals surface area contributed by atoms with Crippen LogP contribution in [0.4, 0.5) is 24.7 Å². The number of aromatic amines is 1. The number of unbranched alkanes of at least 4 members (excludes halogenated alkanes) is 1. The van der Waals surface area contributed by atoms with Crippen molar-refractivity contribution in [1.82, 2.24) is 9.55 Å². The number of nitrogens with zero attached hydrogens (tertiary/aromatic N) is 2. The highest BCUT2D eigenvalue weighted by Gasteiger charge is 2.31. The van der Waals surface area contributed by atoms with Gasteiger partial charge in [0.15, 0.2) is 5.69 Å². The zero-order valence-electron chi connectivity index (χ0n) is 13.3. The molecule has 0 aliphatic carbocycles. The molecule has 1 amide bonds. The molecule has 0 spiro atoms. The number of anilines is 2. The van der Waals surface area contributed by atoms with Gasteiger partial charge in [-0.1, -0.05) is 13.3 Å². The highest BCUT2D eigenvalue weighted by molar-refractivity contribution is 8.00. The Balaban J connectivity index is 3.23. The predicted octanol–water partition coefficient (Wildman–Crippen LogP) is 1.52. The van der Waals surface area contributed by atoms with Crippen molar-refractivity contribution in [3.63, 3.8) is 0 Å². The molecule has 0 fully saturated rings. The van der Waals surface area contributed by atoms with Crippen LogP contribution in [0.15, 0.2) is 9.59 Å². The molecule has 0 saturated carbocycles. The van der Waals surface area contributed by atoms with Crippen molar-refractivity contribution >= 4 is 29.2 Å². The topological polar surface area (TPSA) is 101 Å². The van der Waals surface area contributed by atoms with Crippen LogP contribution in [0.3, 0.4) is 0 Å². The summed E-state index contributed by atoms with van der Waals surface area (Å²) in [6.45, 7) is 3.56. The van der Waals surface area contributed by atoms with Gasteiger partial charge in [0, 0.05) is 13.1 Å². The highest BCUT2D eigenvalue weighted by Crippen LogP contribution is 2.30. The maximum absolute atomic E-state index is 12.3. The summed E-state index contributed by atoms with van der Waals surface area (Å²) in [5.74, 6) is -2.04. The lowest BCUT2D eigenvalue weighted by Crippen LogP contribution is -2.42. The van der Waals surface area contributed by atoms with E-state index >= 15 is 0 Å². The third-order valence-corrected chi connectivity index (χ3v) is 3.91. The summed E-state index contributed by atoms with van der Waals surface area (Å²) in [5, 5.41) is 0. The number of carbonyl (C=O) groups excluding carboxylic acids is 1. The number of aromatic nitrogens is 2. The number of hydrogen-bond acceptors (Lipinski definition) is 5. The van der Waals surface area contributed by atoms with Crippen molar-refractivity contribution in [2.45, 2.75) is 38.7 Å². The van der Waals surface area contributed by atoms with E-state index in [2.05, 4.69) is 0 Å². The van der Waals surface area contributed by atoms with Crippen molar-refractivity contribution in [1.29, 1.82) is 0 Å². The summed E-state index contributed by atoms with van der Waals surface area (Å²) < 4.78 is 37.9. The molecule has 0 aliphatic rings. The third kappa shape index (κ3) is 5.05. The van der Waals surface area contributed by atoms with E-state index in [1.165, 1.54) is 6.92 Å². The van der Waals surface area contributed by atoms with Crippen LogP contribution in [-0.4, -0.2) is 33.3 Å². The number of thioether (sulfide) groups is 1. The second-order valence-electron chi connectivity index (χ2n) is 4.87. The molecule has 0 unspecified atom stereocenters. The van der Waals surface area contributed by atoms with Gasteiger partial charge in [-0.05, 0) is 25.1 Å². The molecule has 1 heterocycles. The lowest BCUT2D eigenvalue weighted by molar-refractivity contribution is -0.116. The van der Waals surface area contributed by atoms with Gasteiger partial charge in [0.05, 0.1) is 5.75 Å². The molecule has 1 aromatic heterocycles. The van der Waals surface area contributed by atoms with Crippen LogP contribution in [0.25, 0.3) is 0 Å². The molecule has 0 atom stereocenters. The van der Waals surface area contributed by atoms with Crippen molar-refractivity contribution in [2.24, 2.45) is 0 Å². The fourth-order valence-corrected chi connectivity index (χ4v) is 2.50. The van der Waals surface area contributed by atoms with E-state index in [0.29, 0.717) is 6.42 Å². The molecule has 7 nitrogen and oxygen atoms in total. The zero-order chi connectivity index (χ0) is 18.5. The van der Waals surface area contributed by atoms with Crippen LogP contribution in [0.1, 0.15) is 26.7 Å². The van der Waals surface area contributed by atoms with E-state index in [1.807, 2.05) is 11.9 Å². The molecule has 1 aromatic rings. The Bertz CT molecular complexity index is 699. The van der Waals surface area contributed by atoms with Crippen molar-refractivity contribution in [3.8, 4) is 0 Å². The summed E-state index contributed by atoms with van der Waals surface area (Å²) in [5.41, 5.74) is -0.650. The molecule has 0 saturated heterocycles. The lowest BCUT2D eigenvalue weighted by atomic mass is 10.3. The van der Waals surface area contributed by atoms with Gasteiger partial charge in [-0.15, -0.1) is 0 Å². The number of rotatable bonds is 7. The first-order valence-corrected chi connectivity index (χ1v) is 8.24. The molecular weight excluding hydrogens is 349 g/mol. The maximum atomic E-state index is 12.3. The van der Waals surface area contributed by atoms with E-state index in [9.17, 15) is 27.6 Å². The van der Waals surface area contributed by atoms with Gasteiger partial charge < -0.3 is 10.6 Å². The number of nitrogens with one attached hydrogen (secondary N) is 1. The monoisotopic (exact) mass is 368 g/mol. The molecule has 24 heavy (non-hydrogen) atoms. The summed E-state index contributed by atoms with van der Waals surface area (Å²) in [6.07, 6.45) is 1.37. The summed E-state index contributed by atoms with van der Waals surface area (Å²) in [7, 11) is 0. The van der Waals surface area contributed by atoms with Gasteiger partial charge in [-0.2, -0.15) is 13.2 Å². The van der Waals surface area contributed by atoms with E-state index in [1.54, 1.807) is 0 Å². The number of hydrogen-bond donors (Lipinski definition) is 2. The van der Waals surface area contributed by atoms with E-state index in [0.717, 1.165) is 15.9 Å². The number of H-pyrrole nitrogens is 1. The normalized spacial score (nSPS) is 11.5. The molecule has 1 rings (SSSR count). The van der Waals surface area contributed by atoms with Gasteiger partial charge in [0.2, 0.25) is 5.91 Å². The van der Waals surface area contributed by atoms with Gasteiger partial charge in [0.1, 0.15) is 5.82 Å². The van der Waals surface area contributed by atoms with E-state index < -0.39 is 40.2 Å². The molecule has 0 aliphatic heterocycles. The second kappa shape index (κ2) is 8.27. The first kappa shape index (κ1) is 20.1. The fraction of sp³-hybridized carbons (Fsp3) is 0.615. The third-order valence-electron chi connectivity index (χ3n) is 3.20. The summed E-state index contributed by atoms with van der Waals surface area (Å²) in [6, 6.07) is 0. The largest absolute Gasteiger partial charge is 0.442 e. The van der Waals surface area contributed by atoms with Gasteiger partial charge in [-0.25, -0.2) is 4.79 Å². The lowest BCUT2D eigenvalue weighted by Gasteiger charge is -2.23. The first-order valence-electron chi connectivity index (χ1n) is 7.26.